The van der Waals surface area contributed by atoms with Crippen LogP contribution >= 0.6 is 11.6 Å². The second kappa shape index (κ2) is 8.47. The van der Waals surface area contributed by atoms with Crippen molar-refractivity contribution in [1.82, 2.24) is 4.90 Å². The largest absolute Gasteiger partial charge is 0.490 e. The van der Waals surface area contributed by atoms with E-state index in [-0.39, 0.29) is 11.6 Å². The predicted molar refractivity (Wildman–Crippen MR) is 109 cm³/mol. The van der Waals surface area contributed by atoms with Crippen molar-refractivity contribution in [2.45, 2.75) is 70.6 Å². The molecule has 1 aromatic carbocycles. The number of β-amino-alcohol motifs (C(OH)–C–C–N with tert-alkyl or cyclic N) is 1. The second-order valence-corrected chi connectivity index (χ2v) is 10.0. The smallest absolute Gasteiger partial charge is 0.145 e. The molecule has 2 aliphatic rings. The van der Waals surface area contributed by atoms with Gasteiger partial charge in [-0.15, -0.1) is 0 Å². The third kappa shape index (κ3) is 4.99. The number of aliphatic hydroxyl groups is 2. The average molecular weight is 414 g/mol. The van der Waals surface area contributed by atoms with E-state index in [4.69, 9.17) is 16.3 Å². The van der Waals surface area contributed by atoms with Gasteiger partial charge in [0.15, 0.2) is 0 Å². The van der Waals surface area contributed by atoms with Crippen molar-refractivity contribution in [2.24, 2.45) is 11.3 Å². The summed E-state index contributed by atoms with van der Waals surface area (Å²) in [5, 5.41) is 21.5. The van der Waals surface area contributed by atoms with Crippen molar-refractivity contribution >= 4 is 11.6 Å². The first kappa shape index (κ1) is 21.8. The first-order valence-corrected chi connectivity index (χ1v) is 10.7. The molecule has 1 aliphatic heterocycles. The van der Waals surface area contributed by atoms with Crippen LogP contribution in [0.3, 0.4) is 0 Å². The predicted octanol–water partition coefficient (Wildman–Crippen LogP) is 4.26. The maximum absolute atomic E-state index is 13.6. The fourth-order valence-electron chi connectivity index (χ4n) is 4.63. The van der Waals surface area contributed by atoms with E-state index < -0.39 is 17.5 Å². The average Bonchev–Trinajstić information content (AvgIpc) is 2.65. The Morgan fingerprint density at radius 3 is 2.50 bits per heavy atom. The highest BCUT2D eigenvalue weighted by atomic mass is 35.5. The van der Waals surface area contributed by atoms with Crippen molar-refractivity contribution in [1.29, 1.82) is 0 Å². The number of hydrogen-bond donors (Lipinski definition) is 2. The maximum Gasteiger partial charge on any atom is 0.145 e. The lowest BCUT2D eigenvalue weighted by atomic mass is 9.71. The quantitative estimate of drug-likeness (QED) is 0.774. The number of piperidine rings is 1. The summed E-state index contributed by atoms with van der Waals surface area (Å²) in [6.07, 6.45) is 4.30. The molecule has 6 heteroatoms. The third-order valence-electron chi connectivity index (χ3n) is 6.60. The molecular weight excluding hydrogens is 381 g/mol. The van der Waals surface area contributed by atoms with E-state index in [1.54, 1.807) is 6.07 Å². The molecule has 1 heterocycles. The number of aliphatic hydroxyl groups excluding tert-OH is 1. The van der Waals surface area contributed by atoms with Gasteiger partial charge in [-0.25, -0.2) is 4.39 Å². The normalized spacial score (nSPS) is 32.3. The summed E-state index contributed by atoms with van der Waals surface area (Å²) in [6.45, 7) is 8.00. The van der Waals surface area contributed by atoms with Gasteiger partial charge in [0, 0.05) is 25.2 Å². The minimum absolute atomic E-state index is 0.0285. The van der Waals surface area contributed by atoms with E-state index >= 15 is 0 Å². The molecule has 2 atom stereocenters. The van der Waals surface area contributed by atoms with Gasteiger partial charge in [0.25, 0.3) is 0 Å². The molecule has 0 aromatic heterocycles. The second-order valence-electron chi connectivity index (χ2n) is 9.61. The first-order chi connectivity index (χ1) is 13.1. The van der Waals surface area contributed by atoms with Crippen LogP contribution < -0.4 is 4.74 Å². The van der Waals surface area contributed by atoms with E-state index in [2.05, 4.69) is 25.7 Å². The molecule has 3 rings (SSSR count). The molecule has 2 N–H and O–H groups in total. The summed E-state index contributed by atoms with van der Waals surface area (Å²) < 4.78 is 19.2. The van der Waals surface area contributed by atoms with Crippen LogP contribution in [0, 0.1) is 17.2 Å². The highest BCUT2D eigenvalue weighted by Gasteiger charge is 2.44. The summed E-state index contributed by atoms with van der Waals surface area (Å²) in [5.41, 5.74) is -1.03. The number of ether oxygens (including phenoxy) is 1. The number of nitrogens with zero attached hydrogens (tertiary/aromatic N) is 1. The molecule has 4 nitrogen and oxygen atoms in total. The van der Waals surface area contributed by atoms with E-state index in [9.17, 15) is 14.6 Å². The van der Waals surface area contributed by atoms with Crippen molar-refractivity contribution in [2.75, 3.05) is 19.7 Å². The molecule has 2 fully saturated rings. The molecule has 1 aromatic rings. The number of likely N-dealkylation sites (tertiary alicyclic amines) is 1. The van der Waals surface area contributed by atoms with Crippen LogP contribution in [0.25, 0.3) is 0 Å². The topological polar surface area (TPSA) is 52.9 Å². The van der Waals surface area contributed by atoms with Crippen molar-refractivity contribution < 1.29 is 19.3 Å². The van der Waals surface area contributed by atoms with Gasteiger partial charge in [-0.1, -0.05) is 32.4 Å². The fourth-order valence-corrected chi connectivity index (χ4v) is 4.75. The van der Waals surface area contributed by atoms with Crippen molar-refractivity contribution in [3.63, 3.8) is 0 Å². The molecule has 0 radical (unpaired) electrons. The highest BCUT2D eigenvalue weighted by molar-refractivity contribution is 6.30. The summed E-state index contributed by atoms with van der Waals surface area (Å²) in [4.78, 5) is 2.30. The van der Waals surface area contributed by atoms with E-state index in [1.807, 2.05) is 0 Å². The monoisotopic (exact) mass is 413 g/mol. The lowest BCUT2D eigenvalue weighted by molar-refractivity contribution is -0.147. The molecule has 28 heavy (non-hydrogen) atoms. The standard InChI is InChI=1S/C22H33ClFNO3/c1-21(2,3)15-4-6-16(7-5-15)25-11-10-20(26)22(27,13-25)14-28-17-8-9-18(23)19(24)12-17/h8-9,12,15-16,20,26-27H,4-7,10-11,13-14H2,1-3H3/t15?,16?,20-,22-/m0/s1. The van der Waals surface area contributed by atoms with Crippen LogP contribution in [0.2, 0.25) is 5.02 Å². The van der Waals surface area contributed by atoms with Gasteiger partial charge in [-0.05, 0) is 55.6 Å². The Bertz CT molecular complexity index is 672. The summed E-state index contributed by atoms with van der Waals surface area (Å²) >= 11 is 5.70. The number of benzene rings is 1. The highest BCUT2D eigenvalue weighted by Crippen LogP contribution is 2.40. The first-order valence-electron chi connectivity index (χ1n) is 10.3. The Hall–Kier alpha value is -0.880. The molecule has 1 saturated carbocycles. The Labute approximate surface area is 172 Å². The molecule has 0 amide bonds. The van der Waals surface area contributed by atoms with Gasteiger partial charge in [0.2, 0.25) is 0 Å². The van der Waals surface area contributed by atoms with Gasteiger partial charge in [-0.3, -0.25) is 4.90 Å². The van der Waals surface area contributed by atoms with Crippen molar-refractivity contribution in [3.8, 4) is 5.75 Å². The fraction of sp³-hybridized carbons (Fsp3) is 0.727. The van der Waals surface area contributed by atoms with Gasteiger partial charge >= 0.3 is 0 Å². The lowest BCUT2D eigenvalue weighted by Crippen LogP contribution is -2.62. The zero-order chi connectivity index (χ0) is 20.5. The SMILES string of the molecule is CC(C)(C)C1CCC(N2CC[C@H](O)[C@@](O)(COc3ccc(Cl)c(F)c3)C2)CC1. The van der Waals surface area contributed by atoms with Gasteiger partial charge in [0.05, 0.1) is 11.1 Å². The molecule has 0 unspecified atom stereocenters. The Morgan fingerprint density at radius 1 is 1.21 bits per heavy atom. The van der Waals surface area contributed by atoms with E-state index in [1.165, 1.54) is 25.0 Å². The third-order valence-corrected chi connectivity index (χ3v) is 6.91. The number of hydrogen-bond acceptors (Lipinski definition) is 4. The number of halogens is 2. The van der Waals surface area contributed by atoms with Crippen LogP contribution in [-0.2, 0) is 0 Å². The zero-order valence-electron chi connectivity index (χ0n) is 17.1. The Morgan fingerprint density at radius 2 is 1.89 bits per heavy atom. The van der Waals surface area contributed by atoms with Crippen LogP contribution in [0.15, 0.2) is 18.2 Å². The van der Waals surface area contributed by atoms with Crippen molar-refractivity contribution in [3.05, 3.63) is 29.0 Å². The molecule has 158 valence electrons. The van der Waals surface area contributed by atoms with Crippen LogP contribution in [0.1, 0.15) is 52.9 Å². The van der Waals surface area contributed by atoms with Crippen LogP contribution in [0.5, 0.6) is 5.75 Å². The molecule has 1 saturated heterocycles. The molecule has 1 aliphatic carbocycles. The minimum atomic E-state index is -1.37. The molecule has 0 bridgehead atoms. The Kier molecular flexibility index (Phi) is 6.60. The summed E-state index contributed by atoms with van der Waals surface area (Å²) in [5.74, 6) is 0.471. The maximum atomic E-state index is 13.6. The van der Waals surface area contributed by atoms with Crippen LogP contribution in [-0.4, -0.2) is 52.6 Å². The summed E-state index contributed by atoms with van der Waals surface area (Å²) in [7, 11) is 0. The number of rotatable bonds is 4. The zero-order valence-corrected chi connectivity index (χ0v) is 17.9. The lowest BCUT2D eigenvalue weighted by Gasteiger charge is -2.47. The molecule has 0 spiro atoms. The Balaban J connectivity index is 1.59. The van der Waals surface area contributed by atoms with Gasteiger partial charge in [0.1, 0.15) is 23.8 Å². The van der Waals surface area contributed by atoms with Crippen LogP contribution in [0.4, 0.5) is 4.39 Å². The molecular formula is C22H33ClFNO3. The van der Waals surface area contributed by atoms with E-state index in [0.717, 1.165) is 25.3 Å². The minimum Gasteiger partial charge on any atom is -0.490 e. The van der Waals surface area contributed by atoms with Gasteiger partial charge < -0.3 is 14.9 Å². The van der Waals surface area contributed by atoms with Gasteiger partial charge in [-0.2, -0.15) is 0 Å². The summed E-state index contributed by atoms with van der Waals surface area (Å²) in [6, 6.07) is 4.63. The van der Waals surface area contributed by atoms with E-state index in [0.29, 0.717) is 30.2 Å².